The molecular formula is C19H21N3O2. The van der Waals surface area contributed by atoms with Gasteiger partial charge < -0.3 is 5.32 Å². The molecule has 0 saturated carbocycles. The number of hydrogen-bond acceptors (Lipinski definition) is 4. The Morgan fingerprint density at radius 1 is 1.21 bits per heavy atom. The molecule has 0 aliphatic carbocycles. The number of pyridine rings is 1. The SMILES string of the molecule is CC1CN(Cc2ccccc2)CC(=O)C1NC(=O)c1ccccn1. The number of amides is 1. The van der Waals surface area contributed by atoms with Crippen LogP contribution in [0, 0.1) is 5.92 Å². The van der Waals surface area contributed by atoms with Crippen LogP contribution in [0.1, 0.15) is 23.0 Å². The standard InChI is InChI=1S/C19H21N3O2/c1-14-11-22(12-15-7-3-2-4-8-15)13-17(23)18(14)21-19(24)16-9-5-6-10-20-16/h2-10,14,18H,11-13H2,1H3,(H,21,24). The highest BCUT2D eigenvalue weighted by Gasteiger charge is 2.34. The Morgan fingerprint density at radius 3 is 2.62 bits per heavy atom. The van der Waals surface area contributed by atoms with Crippen LogP contribution in [0.2, 0.25) is 0 Å². The van der Waals surface area contributed by atoms with E-state index in [4.69, 9.17) is 0 Å². The molecule has 24 heavy (non-hydrogen) atoms. The number of carbonyl (C=O) groups is 2. The van der Waals surface area contributed by atoms with E-state index >= 15 is 0 Å². The molecule has 2 aromatic rings. The molecule has 2 heterocycles. The molecule has 2 atom stereocenters. The van der Waals surface area contributed by atoms with Gasteiger partial charge in [-0.05, 0) is 23.6 Å². The lowest BCUT2D eigenvalue weighted by Gasteiger charge is -2.36. The van der Waals surface area contributed by atoms with Gasteiger partial charge in [-0.15, -0.1) is 0 Å². The maximum Gasteiger partial charge on any atom is 0.270 e. The number of nitrogens with one attached hydrogen (secondary N) is 1. The molecule has 1 aliphatic rings. The van der Waals surface area contributed by atoms with Crippen LogP contribution in [-0.4, -0.2) is 40.7 Å². The van der Waals surface area contributed by atoms with Crippen LogP contribution in [-0.2, 0) is 11.3 Å². The molecule has 1 N–H and O–H groups in total. The van der Waals surface area contributed by atoms with Crippen molar-refractivity contribution < 1.29 is 9.59 Å². The van der Waals surface area contributed by atoms with Gasteiger partial charge in [-0.1, -0.05) is 43.3 Å². The normalized spacial score (nSPS) is 21.5. The van der Waals surface area contributed by atoms with Gasteiger partial charge in [0, 0.05) is 19.3 Å². The third-order valence-corrected chi connectivity index (χ3v) is 4.27. The lowest BCUT2D eigenvalue weighted by Crippen LogP contribution is -2.56. The fourth-order valence-corrected chi connectivity index (χ4v) is 3.11. The van der Waals surface area contributed by atoms with Crippen molar-refractivity contribution in [1.82, 2.24) is 15.2 Å². The Bertz CT molecular complexity index is 703. The van der Waals surface area contributed by atoms with Gasteiger partial charge in [0.25, 0.3) is 5.91 Å². The summed E-state index contributed by atoms with van der Waals surface area (Å²) in [4.78, 5) is 30.9. The summed E-state index contributed by atoms with van der Waals surface area (Å²) in [5.41, 5.74) is 1.53. The summed E-state index contributed by atoms with van der Waals surface area (Å²) in [5, 5.41) is 2.84. The molecule has 1 fully saturated rings. The second kappa shape index (κ2) is 7.36. The molecule has 1 aromatic heterocycles. The van der Waals surface area contributed by atoms with E-state index in [2.05, 4.69) is 27.3 Å². The minimum atomic E-state index is -0.452. The zero-order valence-corrected chi connectivity index (χ0v) is 13.7. The van der Waals surface area contributed by atoms with Gasteiger partial charge >= 0.3 is 0 Å². The summed E-state index contributed by atoms with van der Waals surface area (Å²) in [6, 6.07) is 14.8. The quantitative estimate of drug-likeness (QED) is 0.933. The number of carbonyl (C=O) groups excluding carboxylic acids is 2. The number of benzene rings is 1. The molecule has 1 amide bonds. The molecule has 0 radical (unpaired) electrons. The van der Waals surface area contributed by atoms with Crippen molar-refractivity contribution >= 4 is 11.7 Å². The Balaban J connectivity index is 1.61. The topological polar surface area (TPSA) is 62.3 Å². The van der Waals surface area contributed by atoms with Gasteiger partial charge in [-0.2, -0.15) is 0 Å². The van der Waals surface area contributed by atoms with Crippen molar-refractivity contribution in [1.29, 1.82) is 0 Å². The number of piperidine rings is 1. The number of likely N-dealkylation sites (tertiary alicyclic amines) is 1. The Labute approximate surface area is 141 Å². The molecule has 2 unspecified atom stereocenters. The molecule has 1 saturated heterocycles. The zero-order valence-electron chi connectivity index (χ0n) is 13.7. The second-order valence-corrected chi connectivity index (χ2v) is 6.26. The van der Waals surface area contributed by atoms with Crippen molar-refractivity contribution in [3.8, 4) is 0 Å². The fourth-order valence-electron chi connectivity index (χ4n) is 3.11. The monoisotopic (exact) mass is 323 g/mol. The average molecular weight is 323 g/mol. The van der Waals surface area contributed by atoms with Gasteiger partial charge in [-0.25, -0.2) is 0 Å². The van der Waals surface area contributed by atoms with Gasteiger partial charge in [0.05, 0.1) is 12.6 Å². The van der Waals surface area contributed by atoms with Gasteiger partial charge in [0.15, 0.2) is 5.78 Å². The first kappa shape index (κ1) is 16.3. The van der Waals surface area contributed by atoms with Crippen molar-refractivity contribution in [3.63, 3.8) is 0 Å². The first-order chi connectivity index (χ1) is 11.6. The maximum atomic E-state index is 12.5. The second-order valence-electron chi connectivity index (χ2n) is 6.26. The number of rotatable bonds is 4. The van der Waals surface area contributed by atoms with Gasteiger partial charge in [-0.3, -0.25) is 19.5 Å². The number of ketones is 1. The molecular weight excluding hydrogens is 302 g/mol. The molecule has 0 bridgehead atoms. The number of Topliss-reactive ketones (excluding diaryl/α,β-unsaturated/α-hetero) is 1. The summed E-state index contributed by atoms with van der Waals surface area (Å²) in [7, 11) is 0. The van der Waals surface area contributed by atoms with Crippen molar-refractivity contribution in [3.05, 3.63) is 66.0 Å². The molecule has 3 rings (SSSR count). The van der Waals surface area contributed by atoms with Crippen LogP contribution in [0.15, 0.2) is 54.7 Å². The molecule has 1 aliphatic heterocycles. The largest absolute Gasteiger partial charge is 0.341 e. The van der Waals surface area contributed by atoms with E-state index in [0.717, 1.165) is 13.1 Å². The first-order valence-electron chi connectivity index (χ1n) is 8.14. The predicted molar refractivity (Wildman–Crippen MR) is 91.4 cm³/mol. The van der Waals surface area contributed by atoms with E-state index < -0.39 is 6.04 Å². The summed E-state index contributed by atoms with van der Waals surface area (Å²) < 4.78 is 0. The van der Waals surface area contributed by atoms with E-state index in [1.165, 1.54) is 5.56 Å². The minimum absolute atomic E-state index is 0.0500. The summed E-state index contributed by atoms with van der Waals surface area (Å²) >= 11 is 0. The highest BCUT2D eigenvalue weighted by atomic mass is 16.2. The molecule has 1 aromatic carbocycles. The lowest BCUT2D eigenvalue weighted by molar-refractivity contribution is -0.126. The smallest absolute Gasteiger partial charge is 0.270 e. The van der Waals surface area contributed by atoms with Crippen LogP contribution in [0.5, 0.6) is 0 Å². The highest BCUT2D eigenvalue weighted by molar-refractivity contribution is 5.97. The number of nitrogens with zero attached hydrogens (tertiary/aromatic N) is 2. The van der Waals surface area contributed by atoms with Gasteiger partial charge in [0.2, 0.25) is 0 Å². The van der Waals surface area contributed by atoms with Gasteiger partial charge in [0.1, 0.15) is 5.69 Å². The van der Waals surface area contributed by atoms with E-state index in [1.807, 2.05) is 25.1 Å². The third kappa shape index (κ3) is 3.86. The number of hydrogen-bond donors (Lipinski definition) is 1. The average Bonchev–Trinajstić information content (AvgIpc) is 2.59. The van der Waals surface area contributed by atoms with Crippen molar-refractivity contribution in [2.24, 2.45) is 5.92 Å². The summed E-state index contributed by atoms with van der Waals surface area (Å²) in [6.45, 7) is 3.87. The zero-order chi connectivity index (χ0) is 16.9. The highest BCUT2D eigenvalue weighted by Crippen LogP contribution is 2.17. The summed E-state index contributed by atoms with van der Waals surface area (Å²) in [6.07, 6.45) is 1.57. The Kier molecular flexibility index (Phi) is 5.01. The first-order valence-corrected chi connectivity index (χ1v) is 8.14. The van der Waals surface area contributed by atoms with Crippen LogP contribution >= 0.6 is 0 Å². The fraction of sp³-hybridized carbons (Fsp3) is 0.316. The van der Waals surface area contributed by atoms with Crippen molar-refractivity contribution in [2.75, 3.05) is 13.1 Å². The molecule has 5 nitrogen and oxygen atoms in total. The molecule has 0 spiro atoms. The van der Waals surface area contributed by atoms with Crippen LogP contribution in [0.25, 0.3) is 0 Å². The number of aromatic nitrogens is 1. The van der Waals surface area contributed by atoms with E-state index in [9.17, 15) is 9.59 Å². The van der Waals surface area contributed by atoms with Crippen LogP contribution < -0.4 is 5.32 Å². The maximum absolute atomic E-state index is 12.5. The van der Waals surface area contributed by atoms with Crippen molar-refractivity contribution in [2.45, 2.75) is 19.5 Å². The minimum Gasteiger partial charge on any atom is -0.341 e. The molecule has 5 heteroatoms. The Morgan fingerprint density at radius 2 is 1.96 bits per heavy atom. The Hall–Kier alpha value is -2.53. The lowest BCUT2D eigenvalue weighted by atomic mass is 9.92. The third-order valence-electron chi connectivity index (χ3n) is 4.27. The van der Waals surface area contributed by atoms with Crippen LogP contribution in [0.3, 0.4) is 0 Å². The van der Waals surface area contributed by atoms with E-state index in [0.29, 0.717) is 12.2 Å². The predicted octanol–water partition coefficient (Wildman–Crippen LogP) is 1.90. The summed E-state index contributed by atoms with van der Waals surface area (Å²) in [5.74, 6) is -0.186. The van der Waals surface area contributed by atoms with E-state index in [-0.39, 0.29) is 17.6 Å². The molecule has 124 valence electrons. The van der Waals surface area contributed by atoms with E-state index in [1.54, 1.807) is 24.4 Å². The van der Waals surface area contributed by atoms with Crippen LogP contribution in [0.4, 0.5) is 0 Å².